The Bertz CT molecular complexity index is 537. The smallest absolute Gasteiger partial charge is 0.252 e. The molecular weight excluding hydrogens is 270 g/mol. The van der Waals surface area contributed by atoms with Crippen LogP contribution in [0, 0.1) is 6.92 Å². The lowest BCUT2D eigenvalue weighted by Crippen LogP contribution is -2.56. The summed E-state index contributed by atoms with van der Waals surface area (Å²) in [6.45, 7) is 5.65. The molecule has 1 aromatic rings. The van der Waals surface area contributed by atoms with Crippen LogP contribution in [0.25, 0.3) is 0 Å². The Morgan fingerprint density at radius 2 is 2.05 bits per heavy atom. The Kier molecular flexibility index (Phi) is 5.58. The number of methoxy groups -OCH3 is 1. The van der Waals surface area contributed by atoms with Gasteiger partial charge < -0.3 is 21.0 Å². The van der Waals surface area contributed by atoms with E-state index in [2.05, 4.69) is 10.5 Å². The Morgan fingerprint density at radius 3 is 2.52 bits per heavy atom. The van der Waals surface area contributed by atoms with E-state index in [-0.39, 0.29) is 11.7 Å². The molecule has 0 fully saturated rings. The fraction of sp³-hybridized carbons (Fsp3) is 0.467. The van der Waals surface area contributed by atoms with E-state index in [9.17, 15) is 4.79 Å². The maximum Gasteiger partial charge on any atom is 0.252 e. The monoisotopic (exact) mass is 293 g/mol. The molecule has 1 amide bonds. The van der Waals surface area contributed by atoms with Gasteiger partial charge in [-0.25, -0.2) is 0 Å². The lowest BCUT2D eigenvalue weighted by atomic mass is 9.91. The maximum atomic E-state index is 12.4. The molecule has 0 atom stereocenters. The van der Waals surface area contributed by atoms with Gasteiger partial charge >= 0.3 is 0 Å². The first kappa shape index (κ1) is 16.8. The van der Waals surface area contributed by atoms with Gasteiger partial charge in [-0.1, -0.05) is 25.1 Å². The van der Waals surface area contributed by atoms with Crippen LogP contribution in [0.1, 0.15) is 42.6 Å². The molecule has 0 bridgehead atoms. The van der Waals surface area contributed by atoms with Gasteiger partial charge in [0.1, 0.15) is 11.3 Å². The predicted molar refractivity (Wildman–Crippen MR) is 81.9 cm³/mol. The molecule has 1 rings (SSSR count). The van der Waals surface area contributed by atoms with Crippen LogP contribution in [0.2, 0.25) is 0 Å². The van der Waals surface area contributed by atoms with Crippen molar-refractivity contribution in [3.63, 3.8) is 0 Å². The minimum Gasteiger partial charge on any atom is -0.496 e. The van der Waals surface area contributed by atoms with Crippen molar-refractivity contribution >= 4 is 11.7 Å². The average molecular weight is 293 g/mol. The lowest BCUT2D eigenvalue weighted by Gasteiger charge is -2.31. The van der Waals surface area contributed by atoms with Gasteiger partial charge in [0.25, 0.3) is 5.91 Å². The first-order valence-corrected chi connectivity index (χ1v) is 6.89. The van der Waals surface area contributed by atoms with Crippen LogP contribution >= 0.6 is 0 Å². The zero-order valence-corrected chi connectivity index (χ0v) is 12.9. The van der Waals surface area contributed by atoms with Crippen LogP contribution in [-0.2, 0) is 0 Å². The third-order valence-electron chi connectivity index (χ3n) is 3.83. The Labute approximate surface area is 125 Å². The molecule has 116 valence electrons. The number of benzene rings is 1. The van der Waals surface area contributed by atoms with Crippen LogP contribution in [-0.4, -0.2) is 29.6 Å². The second-order valence-corrected chi connectivity index (χ2v) is 4.91. The first-order chi connectivity index (χ1) is 9.93. The van der Waals surface area contributed by atoms with Gasteiger partial charge in [-0.05, 0) is 37.5 Å². The van der Waals surface area contributed by atoms with Gasteiger partial charge in [-0.15, -0.1) is 0 Å². The van der Waals surface area contributed by atoms with Gasteiger partial charge in [0.2, 0.25) is 0 Å². The van der Waals surface area contributed by atoms with Crippen LogP contribution in [0.4, 0.5) is 0 Å². The number of carbonyl (C=O) groups excluding carboxylic acids is 1. The van der Waals surface area contributed by atoms with Crippen molar-refractivity contribution < 1.29 is 14.7 Å². The van der Waals surface area contributed by atoms with Crippen molar-refractivity contribution in [2.45, 2.75) is 39.2 Å². The summed E-state index contributed by atoms with van der Waals surface area (Å²) in [5, 5.41) is 14.8. The van der Waals surface area contributed by atoms with Gasteiger partial charge in [-0.2, -0.15) is 0 Å². The minimum atomic E-state index is -0.857. The maximum absolute atomic E-state index is 12.4. The van der Waals surface area contributed by atoms with Crippen LogP contribution < -0.4 is 15.8 Å². The molecular formula is C15H23N3O3. The molecule has 0 aliphatic heterocycles. The summed E-state index contributed by atoms with van der Waals surface area (Å²) >= 11 is 0. The number of hydrogen-bond acceptors (Lipinski definition) is 4. The van der Waals surface area contributed by atoms with E-state index in [0.717, 1.165) is 5.56 Å². The van der Waals surface area contributed by atoms with Crippen molar-refractivity contribution in [3.05, 3.63) is 29.3 Å². The zero-order valence-electron chi connectivity index (χ0n) is 12.9. The van der Waals surface area contributed by atoms with E-state index in [1.54, 1.807) is 19.2 Å². The number of nitrogens with zero attached hydrogens (tertiary/aromatic N) is 1. The zero-order chi connectivity index (χ0) is 16.0. The van der Waals surface area contributed by atoms with Crippen LogP contribution in [0.5, 0.6) is 5.75 Å². The van der Waals surface area contributed by atoms with Gasteiger partial charge in [0, 0.05) is 5.56 Å². The number of rotatable bonds is 6. The number of aryl methyl sites for hydroxylation is 1. The van der Waals surface area contributed by atoms with Crippen molar-refractivity contribution in [2.75, 3.05) is 7.11 Å². The van der Waals surface area contributed by atoms with E-state index in [4.69, 9.17) is 15.7 Å². The molecule has 0 unspecified atom stereocenters. The normalized spacial score (nSPS) is 12.1. The SMILES string of the molecule is CCC(CC)(NC(=O)c1ccc(C)c(OC)c1)/C(N)=N/O. The Hall–Kier alpha value is -2.24. The third-order valence-corrected chi connectivity index (χ3v) is 3.83. The van der Waals surface area contributed by atoms with E-state index in [1.165, 1.54) is 0 Å². The minimum absolute atomic E-state index is 0.0000679. The van der Waals surface area contributed by atoms with Crippen molar-refractivity contribution in [1.29, 1.82) is 0 Å². The molecule has 0 saturated heterocycles. The molecule has 0 aromatic heterocycles. The summed E-state index contributed by atoms with van der Waals surface area (Å²) in [6, 6.07) is 5.21. The standard InChI is InChI=1S/C15H23N3O3/c1-5-15(6-2,14(16)18-20)17-13(19)11-8-7-10(3)12(9-11)21-4/h7-9,20H,5-6H2,1-4H3,(H2,16,18)(H,17,19). The number of oxime groups is 1. The van der Waals surface area contributed by atoms with E-state index >= 15 is 0 Å². The predicted octanol–water partition coefficient (Wildman–Crippen LogP) is 2.04. The summed E-state index contributed by atoms with van der Waals surface area (Å²) < 4.78 is 5.22. The Morgan fingerprint density at radius 1 is 1.43 bits per heavy atom. The number of nitrogens with one attached hydrogen (secondary N) is 1. The van der Waals surface area contributed by atoms with Crippen molar-refractivity contribution in [3.8, 4) is 5.75 Å². The summed E-state index contributed by atoms with van der Waals surface area (Å²) in [5.41, 5.74) is 6.30. The third kappa shape index (κ3) is 3.45. The number of amides is 1. The van der Waals surface area contributed by atoms with Crippen LogP contribution in [0.3, 0.4) is 0 Å². The van der Waals surface area contributed by atoms with E-state index in [0.29, 0.717) is 24.2 Å². The highest BCUT2D eigenvalue weighted by molar-refractivity contribution is 6.00. The average Bonchev–Trinajstić information content (AvgIpc) is 2.52. The summed E-state index contributed by atoms with van der Waals surface area (Å²) in [5.74, 6) is 0.355. The summed E-state index contributed by atoms with van der Waals surface area (Å²) in [6.07, 6.45) is 1.04. The molecule has 21 heavy (non-hydrogen) atoms. The van der Waals surface area contributed by atoms with Gasteiger partial charge in [-0.3, -0.25) is 4.79 Å². The number of amidine groups is 1. The highest BCUT2D eigenvalue weighted by atomic mass is 16.5. The summed E-state index contributed by atoms with van der Waals surface area (Å²) in [7, 11) is 1.56. The molecule has 0 saturated carbocycles. The fourth-order valence-corrected chi connectivity index (χ4v) is 2.20. The second-order valence-electron chi connectivity index (χ2n) is 4.91. The first-order valence-electron chi connectivity index (χ1n) is 6.89. The summed E-state index contributed by atoms with van der Waals surface area (Å²) in [4.78, 5) is 12.4. The van der Waals surface area contributed by atoms with E-state index in [1.807, 2.05) is 26.8 Å². The molecule has 0 aliphatic rings. The number of carbonyl (C=O) groups is 1. The highest BCUT2D eigenvalue weighted by Gasteiger charge is 2.33. The van der Waals surface area contributed by atoms with E-state index < -0.39 is 5.54 Å². The quantitative estimate of drug-likeness (QED) is 0.323. The van der Waals surface area contributed by atoms with Crippen molar-refractivity contribution in [2.24, 2.45) is 10.9 Å². The Balaban J connectivity index is 3.08. The topological polar surface area (TPSA) is 96.9 Å². The van der Waals surface area contributed by atoms with Gasteiger partial charge in [0.05, 0.1) is 7.11 Å². The van der Waals surface area contributed by atoms with Crippen LogP contribution in [0.15, 0.2) is 23.4 Å². The molecule has 0 heterocycles. The fourth-order valence-electron chi connectivity index (χ4n) is 2.20. The lowest BCUT2D eigenvalue weighted by molar-refractivity contribution is 0.0917. The van der Waals surface area contributed by atoms with Gasteiger partial charge in [0.15, 0.2) is 5.84 Å². The highest BCUT2D eigenvalue weighted by Crippen LogP contribution is 2.21. The molecule has 0 radical (unpaired) electrons. The largest absolute Gasteiger partial charge is 0.496 e. The van der Waals surface area contributed by atoms with Crippen molar-refractivity contribution in [1.82, 2.24) is 5.32 Å². The number of ether oxygens (including phenoxy) is 1. The number of nitrogens with two attached hydrogens (primary N) is 1. The molecule has 0 aliphatic carbocycles. The number of hydrogen-bond donors (Lipinski definition) is 3. The molecule has 1 aromatic carbocycles. The molecule has 4 N–H and O–H groups in total. The molecule has 0 spiro atoms. The molecule has 6 nitrogen and oxygen atoms in total. The second kappa shape index (κ2) is 6.97. The molecule has 6 heteroatoms.